The van der Waals surface area contributed by atoms with Crippen LogP contribution in [0.2, 0.25) is 0 Å². The molecule has 0 aliphatic carbocycles. The molecule has 0 spiro atoms. The van der Waals surface area contributed by atoms with Crippen molar-refractivity contribution in [3.05, 3.63) is 42.6 Å². The van der Waals surface area contributed by atoms with Crippen molar-refractivity contribution < 1.29 is 9.13 Å². The van der Waals surface area contributed by atoms with E-state index in [1.54, 1.807) is 24.7 Å². The molecular formula is C11H9FN2O. The molecular weight excluding hydrogens is 195 g/mol. The maximum absolute atomic E-state index is 13.2. The van der Waals surface area contributed by atoms with Crippen LogP contribution in [0.4, 0.5) is 4.39 Å². The van der Waals surface area contributed by atoms with E-state index in [1.165, 1.54) is 19.2 Å². The van der Waals surface area contributed by atoms with Crippen LogP contribution in [0.25, 0.3) is 11.3 Å². The standard InChI is InChI=1S/C11H9FN2O/c1-15-10-5-8(4-9(12)6-10)11-7-13-2-3-14-11/h2-7H,1H3. The smallest absolute Gasteiger partial charge is 0.127 e. The number of nitrogens with zero attached hydrogens (tertiary/aromatic N) is 2. The first kappa shape index (κ1) is 9.58. The summed E-state index contributed by atoms with van der Waals surface area (Å²) in [6, 6.07) is 4.43. The Labute approximate surface area is 86.6 Å². The van der Waals surface area contributed by atoms with E-state index in [2.05, 4.69) is 9.97 Å². The first-order valence-electron chi connectivity index (χ1n) is 4.40. The first-order valence-corrected chi connectivity index (χ1v) is 4.40. The van der Waals surface area contributed by atoms with E-state index in [0.717, 1.165) is 0 Å². The summed E-state index contributed by atoms with van der Waals surface area (Å²) in [6.07, 6.45) is 4.71. The highest BCUT2D eigenvalue weighted by molar-refractivity contribution is 5.60. The second kappa shape index (κ2) is 4.04. The molecule has 2 aromatic rings. The van der Waals surface area contributed by atoms with Crippen LogP contribution in [0.5, 0.6) is 5.75 Å². The lowest BCUT2D eigenvalue weighted by Crippen LogP contribution is -1.89. The number of ether oxygens (including phenoxy) is 1. The Morgan fingerprint density at radius 1 is 1.20 bits per heavy atom. The van der Waals surface area contributed by atoms with Crippen molar-refractivity contribution in [2.24, 2.45) is 0 Å². The number of benzene rings is 1. The van der Waals surface area contributed by atoms with Gasteiger partial charge < -0.3 is 4.74 Å². The predicted molar refractivity (Wildman–Crippen MR) is 54.0 cm³/mol. The van der Waals surface area contributed by atoms with Gasteiger partial charge in [-0.25, -0.2) is 4.39 Å². The highest BCUT2D eigenvalue weighted by Crippen LogP contribution is 2.23. The number of hydrogen-bond donors (Lipinski definition) is 0. The van der Waals surface area contributed by atoms with Crippen molar-refractivity contribution >= 4 is 0 Å². The summed E-state index contributed by atoms with van der Waals surface area (Å²) < 4.78 is 18.1. The first-order chi connectivity index (χ1) is 7.29. The summed E-state index contributed by atoms with van der Waals surface area (Å²) in [6.45, 7) is 0. The zero-order valence-corrected chi connectivity index (χ0v) is 8.14. The molecule has 0 amide bonds. The van der Waals surface area contributed by atoms with E-state index in [4.69, 9.17) is 4.74 Å². The Kier molecular flexibility index (Phi) is 2.58. The van der Waals surface area contributed by atoms with Gasteiger partial charge in [0.05, 0.1) is 19.0 Å². The van der Waals surface area contributed by atoms with Crippen molar-refractivity contribution in [3.63, 3.8) is 0 Å². The highest BCUT2D eigenvalue weighted by Gasteiger charge is 2.04. The number of methoxy groups -OCH3 is 1. The van der Waals surface area contributed by atoms with E-state index < -0.39 is 0 Å². The minimum Gasteiger partial charge on any atom is -0.497 e. The zero-order chi connectivity index (χ0) is 10.7. The second-order valence-electron chi connectivity index (χ2n) is 2.97. The van der Waals surface area contributed by atoms with Crippen LogP contribution in [0.3, 0.4) is 0 Å². The summed E-state index contributed by atoms with van der Waals surface area (Å²) in [5.41, 5.74) is 1.27. The Balaban J connectivity index is 2.49. The van der Waals surface area contributed by atoms with Crippen LogP contribution in [0.15, 0.2) is 36.8 Å². The predicted octanol–water partition coefficient (Wildman–Crippen LogP) is 2.29. The molecule has 0 N–H and O–H groups in total. The highest BCUT2D eigenvalue weighted by atomic mass is 19.1. The van der Waals surface area contributed by atoms with E-state index in [-0.39, 0.29) is 5.82 Å². The number of rotatable bonds is 2. The zero-order valence-electron chi connectivity index (χ0n) is 8.14. The van der Waals surface area contributed by atoms with Crippen molar-refractivity contribution in [2.45, 2.75) is 0 Å². The molecule has 0 radical (unpaired) electrons. The van der Waals surface area contributed by atoms with Gasteiger partial charge in [0.25, 0.3) is 0 Å². The van der Waals surface area contributed by atoms with Crippen LogP contribution in [0, 0.1) is 5.82 Å². The Morgan fingerprint density at radius 2 is 2.07 bits per heavy atom. The largest absolute Gasteiger partial charge is 0.497 e. The van der Waals surface area contributed by atoms with Gasteiger partial charge in [0.2, 0.25) is 0 Å². The van der Waals surface area contributed by atoms with Gasteiger partial charge in [0.15, 0.2) is 0 Å². The van der Waals surface area contributed by atoms with Gasteiger partial charge in [0.1, 0.15) is 11.6 Å². The molecule has 1 aromatic heterocycles. The van der Waals surface area contributed by atoms with Gasteiger partial charge in [-0.05, 0) is 12.1 Å². The fourth-order valence-corrected chi connectivity index (χ4v) is 1.28. The lowest BCUT2D eigenvalue weighted by atomic mass is 10.1. The van der Waals surface area contributed by atoms with E-state index >= 15 is 0 Å². The molecule has 0 bridgehead atoms. The quantitative estimate of drug-likeness (QED) is 0.752. The molecule has 76 valence electrons. The second-order valence-corrected chi connectivity index (χ2v) is 2.97. The molecule has 1 heterocycles. The third kappa shape index (κ3) is 2.10. The normalized spacial score (nSPS) is 10.0. The molecule has 0 unspecified atom stereocenters. The Hall–Kier alpha value is -1.97. The third-order valence-electron chi connectivity index (χ3n) is 1.97. The molecule has 2 rings (SSSR count). The number of hydrogen-bond acceptors (Lipinski definition) is 3. The summed E-state index contributed by atoms with van der Waals surface area (Å²) in [7, 11) is 1.50. The SMILES string of the molecule is COc1cc(F)cc(-c2cnccn2)c1. The fourth-order valence-electron chi connectivity index (χ4n) is 1.28. The third-order valence-corrected chi connectivity index (χ3v) is 1.97. The van der Waals surface area contributed by atoms with Gasteiger partial charge in [-0.2, -0.15) is 0 Å². The van der Waals surface area contributed by atoms with Crippen LogP contribution in [0.1, 0.15) is 0 Å². The van der Waals surface area contributed by atoms with Crippen LogP contribution in [-0.2, 0) is 0 Å². The molecule has 4 heteroatoms. The lowest BCUT2D eigenvalue weighted by Gasteiger charge is -2.04. The average molecular weight is 204 g/mol. The molecule has 0 fully saturated rings. The molecule has 0 aliphatic rings. The minimum atomic E-state index is -0.352. The minimum absolute atomic E-state index is 0.352. The van der Waals surface area contributed by atoms with E-state index in [9.17, 15) is 4.39 Å². The number of halogens is 1. The summed E-state index contributed by atoms with van der Waals surface area (Å²) in [5, 5.41) is 0. The average Bonchev–Trinajstić information content (AvgIpc) is 2.29. The van der Waals surface area contributed by atoms with Crippen molar-refractivity contribution in [1.82, 2.24) is 9.97 Å². The van der Waals surface area contributed by atoms with Gasteiger partial charge in [-0.1, -0.05) is 0 Å². The molecule has 3 nitrogen and oxygen atoms in total. The molecule has 0 atom stereocenters. The number of aromatic nitrogens is 2. The van der Waals surface area contributed by atoms with Gasteiger partial charge in [-0.3, -0.25) is 9.97 Å². The fraction of sp³-hybridized carbons (Fsp3) is 0.0909. The molecule has 0 saturated carbocycles. The summed E-state index contributed by atoms with van der Waals surface area (Å²) in [5.74, 6) is 0.116. The lowest BCUT2D eigenvalue weighted by molar-refractivity contribution is 0.411. The maximum atomic E-state index is 13.2. The van der Waals surface area contributed by atoms with E-state index in [0.29, 0.717) is 17.0 Å². The van der Waals surface area contributed by atoms with E-state index in [1.807, 2.05) is 0 Å². The molecule has 0 saturated heterocycles. The maximum Gasteiger partial charge on any atom is 0.127 e. The van der Waals surface area contributed by atoms with Gasteiger partial charge in [-0.15, -0.1) is 0 Å². The molecule has 15 heavy (non-hydrogen) atoms. The Bertz CT molecular complexity index is 459. The van der Waals surface area contributed by atoms with Crippen molar-refractivity contribution in [2.75, 3.05) is 7.11 Å². The summed E-state index contributed by atoms with van der Waals surface area (Å²) in [4.78, 5) is 8.00. The molecule has 0 aliphatic heterocycles. The Morgan fingerprint density at radius 3 is 2.73 bits per heavy atom. The topological polar surface area (TPSA) is 35.0 Å². The van der Waals surface area contributed by atoms with Crippen LogP contribution >= 0.6 is 0 Å². The van der Waals surface area contributed by atoms with Gasteiger partial charge >= 0.3 is 0 Å². The monoisotopic (exact) mass is 204 g/mol. The van der Waals surface area contributed by atoms with Crippen molar-refractivity contribution in [3.8, 4) is 17.0 Å². The van der Waals surface area contributed by atoms with Crippen molar-refractivity contribution in [1.29, 1.82) is 0 Å². The van der Waals surface area contributed by atoms with Crippen LogP contribution < -0.4 is 4.74 Å². The molecule has 1 aromatic carbocycles. The summed E-state index contributed by atoms with van der Waals surface area (Å²) >= 11 is 0. The van der Waals surface area contributed by atoms with Gasteiger partial charge in [0, 0.05) is 24.0 Å². The van der Waals surface area contributed by atoms with Crippen LogP contribution in [-0.4, -0.2) is 17.1 Å².